The minimum atomic E-state index is 0.458. The number of nitrogens with one attached hydrogen (secondary N) is 1. The third-order valence-electron chi connectivity index (χ3n) is 2.27. The maximum atomic E-state index is 5.51. The standard InChI is InChI=1S/C11H13N3/c1-2-8-3-5-9(6-4-8)10-7-13-11(12)14-10/h3-7H,2H2,1H3,(H3,12,13,14). The molecule has 0 fully saturated rings. The number of anilines is 1. The number of hydrogen-bond acceptors (Lipinski definition) is 2. The Labute approximate surface area is 83.0 Å². The molecule has 0 unspecified atom stereocenters. The average molecular weight is 187 g/mol. The fourth-order valence-corrected chi connectivity index (χ4v) is 1.40. The number of aromatic nitrogens is 2. The number of H-pyrrole nitrogens is 1. The summed E-state index contributed by atoms with van der Waals surface area (Å²) in [4.78, 5) is 6.95. The van der Waals surface area contributed by atoms with Crippen LogP contribution in [0.3, 0.4) is 0 Å². The molecule has 0 spiro atoms. The summed E-state index contributed by atoms with van der Waals surface area (Å²) in [5.74, 6) is 0.458. The molecule has 0 bridgehead atoms. The van der Waals surface area contributed by atoms with Gasteiger partial charge in [0, 0.05) is 0 Å². The number of hydrogen-bond donors (Lipinski definition) is 2. The highest BCUT2D eigenvalue weighted by molar-refractivity contribution is 5.60. The zero-order valence-corrected chi connectivity index (χ0v) is 8.12. The number of benzene rings is 1. The van der Waals surface area contributed by atoms with Gasteiger partial charge in [0.25, 0.3) is 0 Å². The summed E-state index contributed by atoms with van der Waals surface area (Å²) in [6.07, 6.45) is 2.81. The predicted molar refractivity (Wildman–Crippen MR) is 57.8 cm³/mol. The summed E-state index contributed by atoms with van der Waals surface area (Å²) >= 11 is 0. The van der Waals surface area contributed by atoms with Gasteiger partial charge in [-0.2, -0.15) is 0 Å². The number of nitrogen functional groups attached to an aromatic ring is 1. The van der Waals surface area contributed by atoms with Gasteiger partial charge in [-0.1, -0.05) is 31.2 Å². The summed E-state index contributed by atoms with van der Waals surface area (Å²) in [7, 11) is 0. The minimum Gasteiger partial charge on any atom is -0.369 e. The van der Waals surface area contributed by atoms with Gasteiger partial charge in [-0.3, -0.25) is 0 Å². The fraction of sp³-hybridized carbons (Fsp3) is 0.182. The first-order valence-corrected chi connectivity index (χ1v) is 4.69. The van der Waals surface area contributed by atoms with E-state index in [4.69, 9.17) is 5.73 Å². The summed E-state index contributed by atoms with van der Waals surface area (Å²) in [6, 6.07) is 8.39. The van der Waals surface area contributed by atoms with Gasteiger partial charge in [0.15, 0.2) is 5.95 Å². The second-order valence-electron chi connectivity index (χ2n) is 3.23. The summed E-state index contributed by atoms with van der Waals surface area (Å²) in [6.45, 7) is 2.14. The van der Waals surface area contributed by atoms with Crippen molar-refractivity contribution in [1.29, 1.82) is 0 Å². The normalized spacial score (nSPS) is 10.4. The zero-order valence-electron chi connectivity index (χ0n) is 8.12. The molecule has 1 heterocycles. The van der Waals surface area contributed by atoms with E-state index in [9.17, 15) is 0 Å². The van der Waals surface area contributed by atoms with Crippen molar-refractivity contribution in [3.63, 3.8) is 0 Å². The Morgan fingerprint density at radius 3 is 2.50 bits per heavy atom. The molecule has 2 aromatic rings. The molecule has 0 radical (unpaired) electrons. The molecule has 2 rings (SSSR count). The lowest BCUT2D eigenvalue weighted by Crippen LogP contribution is -1.86. The second kappa shape index (κ2) is 3.54. The number of rotatable bonds is 2. The van der Waals surface area contributed by atoms with Gasteiger partial charge in [-0.05, 0) is 17.5 Å². The first-order valence-electron chi connectivity index (χ1n) is 4.69. The molecular weight excluding hydrogens is 174 g/mol. The van der Waals surface area contributed by atoms with Crippen LogP contribution in [-0.2, 0) is 6.42 Å². The molecule has 0 aliphatic heterocycles. The maximum absolute atomic E-state index is 5.51. The van der Waals surface area contributed by atoms with Gasteiger partial charge in [0.2, 0.25) is 0 Å². The summed E-state index contributed by atoms with van der Waals surface area (Å²) < 4.78 is 0. The van der Waals surface area contributed by atoms with Gasteiger partial charge >= 0.3 is 0 Å². The molecule has 1 aromatic heterocycles. The molecule has 3 N–H and O–H groups in total. The molecule has 14 heavy (non-hydrogen) atoms. The van der Waals surface area contributed by atoms with E-state index in [1.54, 1.807) is 6.20 Å². The molecule has 0 aliphatic carbocycles. The number of nitrogens with zero attached hydrogens (tertiary/aromatic N) is 1. The third-order valence-corrected chi connectivity index (χ3v) is 2.27. The number of nitrogens with two attached hydrogens (primary N) is 1. The van der Waals surface area contributed by atoms with Crippen LogP contribution in [0.5, 0.6) is 0 Å². The topological polar surface area (TPSA) is 54.7 Å². The van der Waals surface area contributed by atoms with E-state index in [1.165, 1.54) is 5.56 Å². The van der Waals surface area contributed by atoms with Crippen molar-refractivity contribution in [1.82, 2.24) is 9.97 Å². The van der Waals surface area contributed by atoms with Gasteiger partial charge in [-0.15, -0.1) is 0 Å². The monoisotopic (exact) mass is 187 g/mol. The molecule has 0 saturated carbocycles. The van der Waals surface area contributed by atoms with Gasteiger partial charge < -0.3 is 10.7 Å². The van der Waals surface area contributed by atoms with Gasteiger partial charge in [-0.25, -0.2) is 4.98 Å². The highest BCUT2D eigenvalue weighted by atomic mass is 15.0. The van der Waals surface area contributed by atoms with E-state index in [1.807, 2.05) is 0 Å². The van der Waals surface area contributed by atoms with Crippen molar-refractivity contribution >= 4 is 5.95 Å². The molecule has 1 aromatic carbocycles. The highest BCUT2D eigenvalue weighted by Gasteiger charge is 2.00. The lowest BCUT2D eigenvalue weighted by molar-refractivity contribution is 1.14. The number of imidazole rings is 1. The Kier molecular flexibility index (Phi) is 2.23. The Bertz CT molecular complexity index is 414. The Hall–Kier alpha value is -1.77. The van der Waals surface area contributed by atoms with Crippen molar-refractivity contribution in [3.05, 3.63) is 36.0 Å². The molecule has 72 valence electrons. The van der Waals surface area contributed by atoms with E-state index >= 15 is 0 Å². The summed E-state index contributed by atoms with van der Waals surface area (Å²) in [5, 5.41) is 0. The van der Waals surface area contributed by atoms with Crippen LogP contribution in [-0.4, -0.2) is 9.97 Å². The van der Waals surface area contributed by atoms with Crippen molar-refractivity contribution in [2.45, 2.75) is 13.3 Å². The van der Waals surface area contributed by atoms with Crippen LogP contribution < -0.4 is 5.73 Å². The second-order valence-corrected chi connectivity index (χ2v) is 3.23. The van der Waals surface area contributed by atoms with E-state index < -0.39 is 0 Å². The highest BCUT2D eigenvalue weighted by Crippen LogP contribution is 2.18. The molecule has 0 saturated heterocycles. The Morgan fingerprint density at radius 2 is 2.00 bits per heavy atom. The van der Waals surface area contributed by atoms with E-state index in [0.717, 1.165) is 17.7 Å². The van der Waals surface area contributed by atoms with Crippen molar-refractivity contribution < 1.29 is 0 Å². The number of aromatic amines is 1. The molecular formula is C11H13N3. The molecule has 3 heteroatoms. The molecule has 0 atom stereocenters. The van der Waals surface area contributed by atoms with E-state index in [2.05, 4.69) is 41.2 Å². The predicted octanol–water partition coefficient (Wildman–Crippen LogP) is 2.22. The SMILES string of the molecule is CCc1ccc(-c2cnc(N)[nH]2)cc1. The number of aryl methyl sites for hydroxylation is 1. The Balaban J connectivity index is 2.33. The van der Waals surface area contributed by atoms with Crippen LogP contribution in [0.25, 0.3) is 11.3 Å². The largest absolute Gasteiger partial charge is 0.369 e. The lowest BCUT2D eigenvalue weighted by atomic mass is 10.1. The molecule has 3 nitrogen and oxygen atoms in total. The first-order chi connectivity index (χ1) is 6.79. The minimum absolute atomic E-state index is 0.458. The smallest absolute Gasteiger partial charge is 0.197 e. The third kappa shape index (κ3) is 1.62. The molecule has 0 aliphatic rings. The zero-order chi connectivity index (χ0) is 9.97. The summed E-state index contributed by atoms with van der Waals surface area (Å²) in [5.41, 5.74) is 8.92. The maximum Gasteiger partial charge on any atom is 0.197 e. The van der Waals surface area contributed by atoms with Crippen molar-refractivity contribution in [3.8, 4) is 11.3 Å². The van der Waals surface area contributed by atoms with E-state index in [-0.39, 0.29) is 0 Å². The van der Waals surface area contributed by atoms with E-state index in [0.29, 0.717) is 5.95 Å². The quantitative estimate of drug-likeness (QED) is 0.757. The van der Waals surface area contributed by atoms with Crippen LogP contribution >= 0.6 is 0 Å². The van der Waals surface area contributed by atoms with Crippen LogP contribution in [0, 0.1) is 0 Å². The Morgan fingerprint density at radius 1 is 1.29 bits per heavy atom. The first kappa shape index (κ1) is 8.81. The fourth-order valence-electron chi connectivity index (χ4n) is 1.40. The van der Waals surface area contributed by atoms with Crippen LogP contribution in [0.4, 0.5) is 5.95 Å². The van der Waals surface area contributed by atoms with Crippen LogP contribution in [0.1, 0.15) is 12.5 Å². The van der Waals surface area contributed by atoms with Gasteiger partial charge in [0.1, 0.15) is 0 Å². The van der Waals surface area contributed by atoms with Crippen molar-refractivity contribution in [2.75, 3.05) is 5.73 Å². The lowest BCUT2D eigenvalue weighted by Gasteiger charge is -1.99. The van der Waals surface area contributed by atoms with Gasteiger partial charge in [0.05, 0.1) is 11.9 Å². The van der Waals surface area contributed by atoms with Crippen LogP contribution in [0.15, 0.2) is 30.5 Å². The van der Waals surface area contributed by atoms with Crippen LogP contribution in [0.2, 0.25) is 0 Å². The van der Waals surface area contributed by atoms with Crippen molar-refractivity contribution in [2.24, 2.45) is 0 Å². The molecule has 0 amide bonds. The average Bonchev–Trinajstić information content (AvgIpc) is 2.65.